The van der Waals surface area contributed by atoms with Gasteiger partial charge in [-0.3, -0.25) is 4.98 Å². The van der Waals surface area contributed by atoms with Crippen LogP contribution in [0.1, 0.15) is 5.56 Å². The van der Waals surface area contributed by atoms with Gasteiger partial charge in [0.2, 0.25) is 11.7 Å². The highest BCUT2D eigenvalue weighted by atomic mass is 19.1. The van der Waals surface area contributed by atoms with Crippen LogP contribution >= 0.6 is 0 Å². The van der Waals surface area contributed by atoms with Gasteiger partial charge in [-0.2, -0.15) is 0 Å². The second-order valence-electron chi connectivity index (χ2n) is 6.02. The molecule has 0 aliphatic heterocycles. The fourth-order valence-electron chi connectivity index (χ4n) is 2.76. The van der Waals surface area contributed by atoms with Gasteiger partial charge in [0.1, 0.15) is 11.2 Å². The average Bonchev–Trinajstić information content (AvgIpc) is 3.17. The number of rotatable bonds is 6. The number of nitrogens with one attached hydrogen (secondary N) is 1. The maximum absolute atomic E-state index is 14.1. The minimum absolute atomic E-state index is 0.0792. The lowest BCUT2D eigenvalue weighted by atomic mass is 10.3. The van der Waals surface area contributed by atoms with E-state index in [1.54, 1.807) is 41.1 Å². The summed E-state index contributed by atoms with van der Waals surface area (Å²) in [6, 6.07) is 8.62. The third-order valence-electron chi connectivity index (χ3n) is 4.09. The first-order chi connectivity index (χ1) is 14.2. The summed E-state index contributed by atoms with van der Waals surface area (Å²) in [6.07, 6.45) is 7.76. The molecule has 4 aromatic rings. The molecule has 0 unspecified atom stereocenters. The number of hydrogen-bond donors (Lipinski definition) is 2. The van der Waals surface area contributed by atoms with Gasteiger partial charge < -0.3 is 15.2 Å². The largest absolute Gasteiger partial charge is 0.481 e. The fraction of sp³-hybridized carbons (Fsp3) is 0.100. The standard InChI is InChI=1S/C20H17FN6O2/c1-29-18-6-2-5-16(23-18)19-25-20(24-15-7-8-22-11-14(15)21)17-10-13(4-3-9-28)12-27(17)26-19/h2-8,10-12,28H,9H2,1H3,(H,22,24,25,26)/b4-3+. The van der Waals surface area contributed by atoms with Gasteiger partial charge in [-0.1, -0.05) is 18.2 Å². The van der Waals surface area contributed by atoms with E-state index in [-0.39, 0.29) is 12.3 Å². The predicted molar refractivity (Wildman–Crippen MR) is 106 cm³/mol. The molecule has 4 aromatic heterocycles. The third kappa shape index (κ3) is 3.90. The first kappa shape index (κ1) is 18.5. The van der Waals surface area contributed by atoms with Gasteiger partial charge in [-0.25, -0.2) is 18.9 Å². The molecule has 0 aromatic carbocycles. The predicted octanol–water partition coefficient (Wildman–Crippen LogP) is 3.08. The molecule has 29 heavy (non-hydrogen) atoms. The maximum atomic E-state index is 14.1. The topological polar surface area (TPSA) is 97.5 Å². The summed E-state index contributed by atoms with van der Waals surface area (Å²) in [5, 5.41) is 16.5. The van der Waals surface area contributed by atoms with Crippen molar-refractivity contribution in [3.63, 3.8) is 0 Å². The molecule has 9 heteroatoms. The van der Waals surface area contributed by atoms with Gasteiger partial charge in [0.05, 0.1) is 25.6 Å². The quantitative estimate of drug-likeness (QED) is 0.520. The van der Waals surface area contributed by atoms with Crippen LogP contribution in [0.4, 0.5) is 15.9 Å². The summed E-state index contributed by atoms with van der Waals surface area (Å²) in [7, 11) is 1.53. The van der Waals surface area contributed by atoms with Gasteiger partial charge in [-0.15, -0.1) is 5.10 Å². The van der Waals surface area contributed by atoms with E-state index in [0.29, 0.717) is 28.7 Å². The second-order valence-corrected chi connectivity index (χ2v) is 6.02. The fourth-order valence-corrected chi connectivity index (χ4v) is 2.76. The number of pyridine rings is 2. The summed E-state index contributed by atoms with van der Waals surface area (Å²) in [5.74, 6) is 0.659. The molecular weight excluding hydrogens is 375 g/mol. The van der Waals surface area contributed by atoms with Crippen molar-refractivity contribution < 1.29 is 14.2 Å². The highest BCUT2D eigenvalue weighted by molar-refractivity contribution is 5.77. The molecule has 0 atom stereocenters. The summed E-state index contributed by atoms with van der Waals surface area (Å²) in [6.45, 7) is -0.0792. The summed E-state index contributed by atoms with van der Waals surface area (Å²) in [4.78, 5) is 12.7. The molecule has 2 N–H and O–H groups in total. The summed E-state index contributed by atoms with van der Waals surface area (Å²) < 4.78 is 20.9. The van der Waals surface area contributed by atoms with E-state index < -0.39 is 5.82 Å². The van der Waals surface area contributed by atoms with E-state index in [9.17, 15) is 4.39 Å². The average molecular weight is 392 g/mol. The Morgan fingerprint density at radius 1 is 1.28 bits per heavy atom. The van der Waals surface area contributed by atoms with Crippen LogP contribution in [0.25, 0.3) is 23.1 Å². The smallest absolute Gasteiger partial charge is 0.213 e. The number of halogens is 1. The summed E-state index contributed by atoms with van der Waals surface area (Å²) in [5.41, 5.74) is 2.18. The van der Waals surface area contributed by atoms with Crippen LogP contribution in [0.15, 0.2) is 55.0 Å². The van der Waals surface area contributed by atoms with Crippen molar-refractivity contribution in [3.8, 4) is 17.4 Å². The molecule has 4 heterocycles. The van der Waals surface area contributed by atoms with Crippen molar-refractivity contribution in [1.82, 2.24) is 24.6 Å². The Kier molecular flexibility index (Phi) is 5.12. The highest BCUT2D eigenvalue weighted by Gasteiger charge is 2.14. The van der Waals surface area contributed by atoms with Gasteiger partial charge >= 0.3 is 0 Å². The van der Waals surface area contributed by atoms with Crippen molar-refractivity contribution in [2.24, 2.45) is 0 Å². The first-order valence-electron chi connectivity index (χ1n) is 8.73. The minimum atomic E-state index is -0.503. The molecule has 0 radical (unpaired) electrons. The van der Waals surface area contributed by atoms with E-state index in [0.717, 1.165) is 11.8 Å². The van der Waals surface area contributed by atoms with Crippen molar-refractivity contribution in [2.45, 2.75) is 0 Å². The zero-order valence-electron chi connectivity index (χ0n) is 15.5. The van der Waals surface area contributed by atoms with Crippen LogP contribution in [-0.4, -0.2) is 43.4 Å². The Morgan fingerprint density at radius 3 is 2.97 bits per heavy atom. The van der Waals surface area contributed by atoms with Crippen LogP contribution in [0.3, 0.4) is 0 Å². The van der Waals surface area contributed by atoms with Crippen molar-refractivity contribution >= 4 is 23.1 Å². The maximum Gasteiger partial charge on any atom is 0.213 e. The Morgan fingerprint density at radius 2 is 2.17 bits per heavy atom. The molecular formula is C20H17FN6O2. The molecule has 8 nitrogen and oxygen atoms in total. The van der Waals surface area contributed by atoms with Gasteiger partial charge in [0.25, 0.3) is 0 Å². The van der Waals surface area contributed by atoms with Crippen LogP contribution in [0.5, 0.6) is 5.88 Å². The van der Waals surface area contributed by atoms with E-state index in [1.807, 2.05) is 6.07 Å². The van der Waals surface area contributed by atoms with Crippen molar-refractivity contribution in [2.75, 3.05) is 19.0 Å². The number of hydrogen-bond acceptors (Lipinski definition) is 7. The van der Waals surface area contributed by atoms with Crippen molar-refractivity contribution in [3.05, 3.63) is 66.4 Å². The third-order valence-corrected chi connectivity index (χ3v) is 4.09. The lowest BCUT2D eigenvalue weighted by Crippen LogP contribution is -2.05. The first-order valence-corrected chi connectivity index (χ1v) is 8.73. The number of aromatic nitrogens is 5. The molecule has 0 saturated heterocycles. The Hall–Kier alpha value is -3.85. The lowest BCUT2D eigenvalue weighted by molar-refractivity contribution is 0.343. The second kappa shape index (κ2) is 8.03. The molecule has 0 fully saturated rings. The van der Waals surface area contributed by atoms with Crippen LogP contribution in [0, 0.1) is 5.82 Å². The van der Waals surface area contributed by atoms with Crippen LogP contribution < -0.4 is 10.1 Å². The van der Waals surface area contributed by atoms with E-state index in [1.165, 1.54) is 19.4 Å². The molecule has 0 aliphatic rings. The van der Waals surface area contributed by atoms with Crippen LogP contribution in [-0.2, 0) is 0 Å². The monoisotopic (exact) mass is 392 g/mol. The Labute approximate surface area is 165 Å². The number of nitrogens with zero attached hydrogens (tertiary/aromatic N) is 5. The van der Waals surface area contributed by atoms with Crippen molar-refractivity contribution in [1.29, 1.82) is 0 Å². The van der Waals surface area contributed by atoms with Crippen LogP contribution in [0.2, 0.25) is 0 Å². The molecule has 4 rings (SSSR count). The van der Waals surface area contributed by atoms with E-state index in [4.69, 9.17) is 9.84 Å². The van der Waals surface area contributed by atoms with E-state index >= 15 is 0 Å². The zero-order valence-corrected chi connectivity index (χ0v) is 15.5. The lowest BCUT2D eigenvalue weighted by Gasteiger charge is -2.10. The molecule has 0 amide bonds. The zero-order chi connectivity index (χ0) is 20.2. The number of fused-ring (bicyclic) bond motifs is 1. The molecule has 0 saturated carbocycles. The SMILES string of the molecule is COc1cccc(-c2nc(Nc3ccncc3F)c3cc(/C=C/CO)cn3n2)n1. The molecule has 0 aliphatic carbocycles. The van der Waals surface area contributed by atoms with E-state index in [2.05, 4.69) is 25.4 Å². The van der Waals surface area contributed by atoms with Gasteiger partial charge in [0, 0.05) is 18.5 Å². The Balaban J connectivity index is 1.87. The number of aliphatic hydroxyl groups excluding tert-OH is 1. The number of anilines is 2. The minimum Gasteiger partial charge on any atom is -0.481 e. The molecule has 0 bridgehead atoms. The number of aliphatic hydroxyl groups is 1. The summed E-state index contributed by atoms with van der Waals surface area (Å²) >= 11 is 0. The highest BCUT2D eigenvalue weighted by Crippen LogP contribution is 2.26. The van der Waals surface area contributed by atoms with Gasteiger partial charge in [0.15, 0.2) is 11.6 Å². The Bertz CT molecular complexity index is 1190. The normalized spacial score (nSPS) is 11.3. The molecule has 0 spiro atoms. The molecule has 146 valence electrons. The number of ether oxygens (including phenoxy) is 1. The van der Waals surface area contributed by atoms with Gasteiger partial charge in [-0.05, 0) is 23.8 Å². The number of methoxy groups -OCH3 is 1.